The average molecular weight is 365 g/mol. The number of benzene rings is 1. The Kier molecular flexibility index (Phi) is 4.74. The Balaban J connectivity index is 2.30. The van der Waals surface area contributed by atoms with Crippen molar-refractivity contribution >= 4 is 11.8 Å². The summed E-state index contributed by atoms with van der Waals surface area (Å²) in [5.74, 6) is 0.562. The monoisotopic (exact) mass is 365 g/mol. The lowest BCUT2D eigenvalue weighted by atomic mass is 9.88. The van der Waals surface area contributed by atoms with Crippen LogP contribution in [0, 0.1) is 11.3 Å². The Morgan fingerprint density at radius 1 is 1.33 bits per heavy atom. The quantitative estimate of drug-likeness (QED) is 0.902. The van der Waals surface area contributed by atoms with Crippen LogP contribution < -0.4 is 15.6 Å². The van der Waals surface area contributed by atoms with Crippen molar-refractivity contribution in [1.29, 1.82) is 5.26 Å². The zero-order valence-electron chi connectivity index (χ0n) is 15.3. The van der Waals surface area contributed by atoms with Gasteiger partial charge >= 0.3 is 6.09 Å². The first-order valence-electron chi connectivity index (χ1n) is 8.34. The lowest BCUT2D eigenvalue weighted by molar-refractivity contribution is 0.138. The van der Waals surface area contributed by atoms with E-state index in [1.165, 1.54) is 17.7 Å². The largest absolute Gasteiger partial charge is 0.483 e. The minimum atomic E-state index is -0.799. The Labute approximate surface area is 156 Å². The maximum atomic E-state index is 12.5. The van der Waals surface area contributed by atoms with Crippen LogP contribution in [0.2, 0.25) is 0 Å². The molecule has 0 atom stereocenters. The number of amides is 1. The highest BCUT2D eigenvalue weighted by Crippen LogP contribution is 2.41. The standard InChI is InChI=1S/C20H19N3O4/c1-20(2)15(12-22-19(25)26-3)18(23-9-5-4-6-17(23)24)14-10-13(11-21)7-8-16(14)27-20/h4-10H,12H2,1-3H3,(H,22,25). The highest BCUT2D eigenvalue weighted by Gasteiger charge is 2.36. The van der Waals surface area contributed by atoms with Gasteiger partial charge in [-0.1, -0.05) is 6.07 Å². The molecule has 3 rings (SSSR count). The van der Waals surface area contributed by atoms with Crippen molar-refractivity contribution < 1.29 is 14.3 Å². The summed E-state index contributed by atoms with van der Waals surface area (Å²) in [7, 11) is 1.28. The molecule has 1 aromatic heterocycles. The zero-order chi connectivity index (χ0) is 19.6. The number of nitriles is 1. The molecule has 1 aliphatic heterocycles. The second kappa shape index (κ2) is 7.00. The minimum absolute atomic E-state index is 0.118. The zero-order valence-corrected chi connectivity index (χ0v) is 15.3. The molecule has 2 heterocycles. The molecule has 0 unspecified atom stereocenters. The molecule has 0 aliphatic carbocycles. The van der Waals surface area contributed by atoms with Gasteiger partial charge in [0, 0.05) is 29.9 Å². The number of pyridine rings is 1. The summed E-state index contributed by atoms with van der Waals surface area (Å²) < 4.78 is 12.3. The van der Waals surface area contributed by atoms with Crippen LogP contribution in [0.4, 0.5) is 4.79 Å². The third-order valence-electron chi connectivity index (χ3n) is 4.40. The Hall–Kier alpha value is -3.53. The van der Waals surface area contributed by atoms with E-state index in [4.69, 9.17) is 4.74 Å². The average Bonchev–Trinajstić information content (AvgIpc) is 2.65. The molecule has 0 bridgehead atoms. The molecule has 1 N–H and O–H groups in total. The molecule has 0 saturated carbocycles. The van der Waals surface area contributed by atoms with Crippen molar-refractivity contribution in [3.8, 4) is 11.8 Å². The summed E-state index contributed by atoms with van der Waals surface area (Å²) in [6, 6.07) is 12.0. The van der Waals surface area contributed by atoms with Gasteiger partial charge in [-0.2, -0.15) is 5.26 Å². The van der Waals surface area contributed by atoms with Crippen molar-refractivity contribution in [3.63, 3.8) is 0 Å². The molecule has 27 heavy (non-hydrogen) atoms. The maximum absolute atomic E-state index is 12.5. The van der Waals surface area contributed by atoms with Crippen LogP contribution in [-0.2, 0) is 4.74 Å². The summed E-state index contributed by atoms with van der Waals surface area (Å²) in [6.07, 6.45) is 1.06. The third-order valence-corrected chi connectivity index (χ3v) is 4.40. The molecule has 0 radical (unpaired) electrons. The highest BCUT2D eigenvalue weighted by molar-refractivity contribution is 5.78. The second-order valence-corrected chi connectivity index (χ2v) is 6.52. The Morgan fingerprint density at radius 3 is 2.78 bits per heavy atom. The van der Waals surface area contributed by atoms with E-state index < -0.39 is 11.7 Å². The Morgan fingerprint density at radius 2 is 2.11 bits per heavy atom. The van der Waals surface area contributed by atoms with Crippen LogP contribution in [0.1, 0.15) is 25.0 Å². The van der Waals surface area contributed by atoms with E-state index >= 15 is 0 Å². The van der Waals surface area contributed by atoms with E-state index in [2.05, 4.69) is 16.1 Å². The van der Waals surface area contributed by atoms with Gasteiger partial charge in [0.05, 0.1) is 24.4 Å². The number of fused-ring (bicyclic) bond motifs is 1. The van der Waals surface area contributed by atoms with E-state index in [9.17, 15) is 14.9 Å². The van der Waals surface area contributed by atoms with Gasteiger partial charge in [-0.05, 0) is 38.1 Å². The number of hydrogen-bond donors (Lipinski definition) is 1. The molecule has 1 aliphatic rings. The molecular formula is C20H19N3O4. The van der Waals surface area contributed by atoms with Gasteiger partial charge in [0.15, 0.2) is 0 Å². The van der Waals surface area contributed by atoms with Gasteiger partial charge in [-0.15, -0.1) is 0 Å². The first-order chi connectivity index (χ1) is 12.9. The number of aromatic nitrogens is 1. The normalized spacial score (nSPS) is 14.6. The number of alkyl carbamates (subject to hydrolysis) is 1. The first-order valence-corrected chi connectivity index (χ1v) is 8.34. The van der Waals surface area contributed by atoms with Crippen molar-refractivity contribution in [2.75, 3.05) is 13.7 Å². The SMILES string of the molecule is COC(=O)NCC1=C(n2ccccc2=O)c2cc(C#N)ccc2OC1(C)C. The van der Waals surface area contributed by atoms with E-state index in [-0.39, 0.29) is 12.1 Å². The second-order valence-electron chi connectivity index (χ2n) is 6.52. The lowest BCUT2D eigenvalue weighted by Gasteiger charge is -2.37. The molecule has 0 saturated heterocycles. The fourth-order valence-electron chi connectivity index (χ4n) is 3.07. The number of rotatable bonds is 3. The number of nitrogens with zero attached hydrogens (tertiary/aromatic N) is 2. The minimum Gasteiger partial charge on any atom is -0.483 e. The van der Waals surface area contributed by atoms with E-state index in [1.807, 2.05) is 13.8 Å². The number of nitrogens with one attached hydrogen (secondary N) is 1. The van der Waals surface area contributed by atoms with Crippen LogP contribution in [-0.4, -0.2) is 29.9 Å². The Bertz CT molecular complexity index is 1030. The molecular weight excluding hydrogens is 346 g/mol. The summed E-state index contributed by atoms with van der Waals surface area (Å²) in [5, 5.41) is 11.9. The smallest absolute Gasteiger partial charge is 0.407 e. The number of hydrogen-bond acceptors (Lipinski definition) is 5. The van der Waals surface area contributed by atoms with Crippen LogP contribution in [0.5, 0.6) is 5.75 Å². The van der Waals surface area contributed by atoms with Crippen molar-refractivity contribution in [3.05, 3.63) is 69.6 Å². The molecule has 1 amide bonds. The predicted octanol–water partition coefficient (Wildman–Crippen LogP) is 2.51. The summed E-state index contributed by atoms with van der Waals surface area (Å²) in [6.45, 7) is 3.83. The number of methoxy groups -OCH3 is 1. The van der Waals surface area contributed by atoms with E-state index in [1.54, 1.807) is 36.5 Å². The van der Waals surface area contributed by atoms with E-state index in [0.29, 0.717) is 28.1 Å². The summed E-state index contributed by atoms with van der Waals surface area (Å²) >= 11 is 0. The van der Waals surface area contributed by atoms with Gasteiger partial charge in [0.25, 0.3) is 5.56 Å². The lowest BCUT2D eigenvalue weighted by Crippen LogP contribution is -2.42. The fourth-order valence-corrected chi connectivity index (χ4v) is 3.07. The number of carbonyl (C=O) groups excluding carboxylic acids is 1. The van der Waals surface area contributed by atoms with Gasteiger partial charge in [-0.3, -0.25) is 9.36 Å². The number of carbonyl (C=O) groups is 1. The van der Waals surface area contributed by atoms with Crippen molar-refractivity contribution in [2.24, 2.45) is 0 Å². The number of ether oxygens (including phenoxy) is 2. The van der Waals surface area contributed by atoms with Crippen LogP contribution >= 0.6 is 0 Å². The first kappa shape index (κ1) is 18.3. The molecule has 7 heteroatoms. The molecule has 138 valence electrons. The third kappa shape index (κ3) is 3.42. The van der Waals surface area contributed by atoms with Gasteiger partial charge in [-0.25, -0.2) is 4.79 Å². The highest BCUT2D eigenvalue weighted by atomic mass is 16.5. The van der Waals surface area contributed by atoms with E-state index in [0.717, 1.165) is 0 Å². The van der Waals surface area contributed by atoms with Gasteiger partial charge < -0.3 is 14.8 Å². The predicted molar refractivity (Wildman–Crippen MR) is 99.3 cm³/mol. The van der Waals surface area contributed by atoms with Crippen molar-refractivity contribution in [2.45, 2.75) is 19.4 Å². The molecule has 1 aromatic carbocycles. The summed E-state index contributed by atoms with van der Waals surface area (Å²) in [4.78, 5) is 24.2. The van der Waals surface area contributed by atoms with Gasteiger partial charge in [0.2, 0.25) is 0 Å². The van der Waals surface area contributed by atoms with Gasteiger partial charge in [0.1, 0.15) is 11.4 Å². The van der Waals surface area contributed by atoms with Crippen LogP contribution in [0.25, 0.3) is 5.70 Å². The van der Waals surface area contributed by atoms with Crippen LogP contribution in [0.15, 0.2) is 53.0 Å². The molecule has 7 nitrogen and oxygen atoms in total. The topological polar surface area (TPSA) is 93.4 Å². The molecule has 2 aromatic rings. The fraction of sp³-hybridized carbons (Fsp3) is 0.250. The molecule has 0 spiro atoms. The van der Waals surface area contributed by atoms with Crippen molar-refractivity contribution in [1.82, 2.24) is 9.88 Å². The maximum Gasteiger partial charge on any atom is 0.407 e. The molecule has 0 fully saturated rings. The summed E-state index contributed by atoms with van der Waals surface area (Å²) in [5.41, 5.74) is 1.30. The van der Waals surface area contributed by atoms with Crippen LogP contribution in [0.3, 0.4) is 0 Å².